The summed E-state index contributed by atoms with van der Waals surface area (Å²) < 4.78 is 1.17. The topological polar surface area (TPSA) is 15.3 Å². The molecule has 0 aromatic heterocycles. The highest BCUT2D eigenvalue weighted by Crippen LogP contribution is 2.30. The predicted octanol–water partition coefficient (Wildman–Crippen LogP) is 4.43. The fourth-order valence-corrected chi connectivity index (χ4v) is 3.63. The van der Waals surface area contributed by atoms with E-state index in [1.807, 2.05) is 7.05 Å². The molecule has 1 aliphatic heterocycles. The monoisotopic (exact) mass is 338 g/mol. The third-order valence-corrected chi connectivity index (χ3v) is 4.96. The average Bonchev–Trinajstić information content (AvgIpc) is 2.65. The van der Waals surface area contributed by atoms with Crippen LogP contribution in [-0.4, -0.2) is 20.1 Å². The van der Waals surface area contributed by atoms with E-state index in [1.54, 1.807) is 0 Å². The summed E-state index contributed by atoms with van der Waals surface area (Å²) in [7, 11) is 2.02. The molecule has 0 amide bonds. The van der Waals surface area contributed by atoms with Gasteiger partial charge in [0, 0.05) is 29.8 Å². The van der Waals surface area contributed by atoms with Crippen molar-refractivity contribution < 1.29 is 0 Å². The number of anilines is 1. The molecule has 1 saturated heterocycles. The van der Waals surface area contributed by atoms with Crippen LogP contribution in [0.4, 0.5) is 5.69 Å². The Morgan fingerprint density at radius 3 is 2.80 bits per heavy atom. The number of nitrogens with one attached hydrogen (secondary N) is 1. The second-order valence-corrected chi connectivity index (χ2v) is 7.14. The van der Waals surface area contributed by atoms with Gasteiger partial charge in [0.25, 0.3) is 0 Å². The first-order chi connectivity index (χ1) is 9.61. The minimum absolute atomic E-state index is 0.816. The van der Waals surface area contributed by atoms with Crippen LogP contribution >= 0.6 is 15.9 Å². The lowest BCUT2D eigenvalue weighted by atomic mass is 9.89. The minimum atomic E-state index is 0.816. The molecule has 0 aliphatic carbocycles. The van der Waals surface area contributed by atoms with Gasteiger partial charge in [-0.05, 0) is 61.9 Å². The maximum absolute atomic E-state index is 3.59. The smallest absolute Gasteiger partial charge is 0.0412 e. The van der Waals surface area contributed by atoms with Crippen LogP contribution in [0.15, 0.2) is 22.7 Å². The summed E-state index contributed by atoms with van der Waals surface area (Å²) in [6.07, 6.45) is 4.02. The van der Waals surface area contributed by atoms with Crippen LogP contribution in [-0.2, 0) is 6.54 Å². The molecular formula is C17H27BrN2. The zero-order valence-corrected chi connectivity index (χ0v) is 14.5. The van der Waals surface area contributed by atoms with E-state index in [9.17, 15) is 0 Å². The van der Waals surface area contributed by atoms with Gasteiger partial charge in [-0.1, -0.05) is 29.8 Å². The molecule has 1 fully saturated rings. The fraction of sp³-hybridized carbons (Fsp3) is 0.647. The van der Waals surface area contributed by atoms with E-state index >= 15 is 0 Å². The molecular weight excluding hydrogens is 312 g/mol. The van der Waals surface area contributed by atoms with E-state index in [0.29, 0.717) is 0 Å². The van der Waals surface area contributed by atoms with Gasteiger partial charge < -0.3 is 10.2 Å². The molecule has 2 nitrogen and oxygen atoms in total. The zero-order chi connectivity index (χ0) is 14.5. The molecule has 112 valence electrons. The highest BCUT2D eigenvalue weighted by molar-refractivity contribution is 9.10. The molecule has 1 unspecified atom stereocenters. The second-order valence-electron chi connectivity index (χ2n) is 6.23. The van der Waals surface area contributed by atoms with Crippen molar-refractivity contribution in [2.75, 3.05) is 25.0 Å². The molecule has 1 N–H and O–H groups in total. The van der Waals surface area contributed by atoms with Crippen molar-refractivity contribution in [2.45, 2.75) is 39.7 Å². The number of benzene rings is 1. The third kappa shape index (κ3) is 3.98. The molecule has 1 aliphatic rings. The van der Waals surface area contributed by atoms with Crippen molar-refractivity contribution in [1.82, 2.24) is 5.32 Å². The Kier molecular flexibility index (Phi) is 5.91. The van der Waals surface area contributed by atoms with Crippen LogP contribution in [0.1, 0.15) is 38.7 Å². The van der Waals surface area contributed by atoms with Crippen molar-refractivity contribution in [1.29, 1.82) is 0 Å². The largest absolute Gasteiger partial charge is 0.371 e. The SMILES string of the molecule is CNCc1cc(Br)ccc1N1CCCC(C(C)C)CC1. The van der Waals surface area contributed by atoms with Crippen LogP contribution in [0, 0.1) is 11.8 Å². The summed E-state index contributed by atoms with van der Waals surface area (Å²) in [5.74, 6) is 1.71. The Morgan fingerprint density at radius 1 is 1.30 bits per heavy atom. The Hall–Kier alpha value is -0.540. The zero-order valence-electron chi connectivity index (χ0n) is 13.0. The van der Waals surface area contributed by atoms with Gasteiger partial charge in [-0.3, -0.25) is 0 Å². The summed E-state index contributed by atoms with van der Waals surface area (Å²) in [5.41, 5.74) is 2.80. The predicted molar refractivity (Wildman–Crippen MR) is 91.3 cm³/mol. The maximum Gasteiger partial charge on any atom is 0.0412 e. The van der Waals surface area contributed by atoms with Gasteiger partial charge in [-0.2, -0.15) is 0 Å². The van der Waals surface area contributed by atoms with Crippen LogP contribution in [0.5, 0.6) is 0 Å². The van der Waals surface area contributed by atoms with Gasteiger partial charge in [-0.25, -0.2) is 0 Å². The van der Waals surface area contributed by atoms with Gasteiger partial charge in [0.1, 0.15) is 0 Å². The van der Waals surface area contributed by atoms with E-state index in [2.05, 4.69) is 58.2 Å². The molecule has 1 aromatic rings. The Morgan fingerprint density at radius 2 is 2.10 bits per heavy atom. The molecule has 0 bridgehead atoms. The van der Waals surface area contributed by atoms with Gasteiger partial charge >= 0.3 is 0 Å². The highest BCUT2D eigenvalue weighted by Gasteiger charge is 2.20. The van der Waals surface area contributed by atoms with Gasteiger partial charge in [-0.15, -0.1) is 0 Å². The van der Waals surface area contributed by atoms with Crippen molar-refractivity contribution in [3.63, 3.8) is 0 Å². The molecule has 0 saturated carbocycles. The van der Waals surface area contributed by atoms with Crippen LogP contribution in [0.25, 0.3) is 0 Å². The normalized spacial score (nSPS) is 20.2. The van der Waals surface area contributed by atoms with Crippen molar-refractivity contribution in [3.05, 3.63) is 28.2 Å². The quantitative estimate of drug-likeness (QED) is 0.873. The number of rotatable bonds is 4. The van der Waals surface area contributed by atoms with E-state index < -0.39 is 0 Å². The van der Waals surface area contributed by atoms with Gasteiger partial charge in [0.2, 0.25) is 0 Å². The van der Waals surface area contributed by atoms with Gasteiger partial charge in [0.15, 0.2) is 0 Å². The van der Waals surface area contributed by atoms with E-state index in [0.717, 1.165) is 18.4 Å². The lowest BCUT2D eigenvalue weighted by Gasteiger charge is -2.26. The van der Waals surface area contributed by atoms with Crippen LogP contribution in [0.3, 0.4) is 0 Å². The second kappa shape index (κ2) is 7.46. The number of nitrogens with zero attached hydrogens (tertiary/aromatic N) is 1. The van der Waals surface area contributed by atoms with Crippen molar-refractivity contribution >= 4 is 21.6 Å². The molecule has 1 heterocycles. The van der Waals surface area contributed by atoms with Crippen molar-refractivity contribution in [2.24, 2.45) is 11.8 Å². The molecule has 0 spiro atoms. The van der Waals surface area contributed by atoms with Crippen molar-refractivity contribution in [3.8, 4) is 0 Å². The lowest BCUT2D eigenvalue weighted by molar-refractivity contribution is 0.351. The Balaban J connectivity index is 2.14. The highest BCUT2D eigenvalue weighted by atomic mass is 79.9. The average molecular weight is 339 g/mol. The molecule has 20 heavy (non-hydrogen) atoms. The minimum Gasteiger partial charge on any atom is -0.371 e. The summed E-state index contributed by atoms with van der Waals surface area (Å²) in [6, 6.07) is 6.68. The van der Waals surface area contributed by atoms with E-state index in [4.69, 9.17) is 0 Å². The Labute approximate surface area is 132 Å². The van der Waals surface area contributed by atoms with Crippen LogP contribution in [0.2, 0.25) is 0 Å². The lowest BCUT2D eigenvalue weighted by Crippen LogP contribution is -2.26. The summed E-state index contributed by atoms with van der Waals surface area (Å²) in [5, 5.41) is 3.29. The Bertz CT molecular complexity index is 431. The van der Waals surface area contributed by atoms with Gasteiger partial charge in [0.05, 0.1) is 0 Å². The molecule has 1 aromatic carbocycles. The van der Waals surface area contributed by atoms with E-state index in [-0.39, 0.29) is 0 Å². The molecule has 3 heteroatoms. The number of hydrogen-bond acceptors (Lipinski definition) is 2. The number of halogens is 1. The van der Waals surface area contributed by atoms with Crippen LogP contribution < -0.4 is 10.2 Å². The summed E-state index contributed by atoms with van der Waals surface area (Å²) >= 11 is 3.59. The summed E-state index contributed by atoms with van der Waals surface area (Å²) in [6.45, 7) is 8.06. The van der Waals surface area contributed by atoms with E-state index in [1.165, 1.54) is 48.1 Å². The molecule has 2 rings (SSSR count). The molecule has 0 radical (unpaired) electrons. The standard InChI is InChI=1S/C17H27BrN2/c1-13(2)14-5-4-9-20(10-8-14)17-7-6-16(18)11-15(17)12-19-3/h6-7,11,13-14,19H,4-5,8-10,12H2,1-3H3. The fourth-order valence-electron chi connectivity index (χ4n) is 3.22. The first kappa shape index (κ1) is 15.8. The first-order valence-corrected chi connectivity index (χ1v) is 8.59. The number of hydrogen-bond donors (Lipinski definition) is 1. The first-order valence-electron chi connectivity index (χ1n) is 7.79. The third-order valence-electron chi connectivity index (χ3n) is 4.47. The molecule has 1 atom stereocenters. The summed E-state index contributed by atoms with van der Waals surface area (Å²) in [4.78, 5) is 2.58. The maximum atomic E-state index is 3.59.